The Morgan fingerprint density at radius 1 is 1.12 bits per heavy atom. The van der Waals surface area contributed by atoms with Crippen LogP contribution in [0.1, 0.15) is 22.3 Å². The summed E-state index contributed by atoms with van der Waals surface area (Å²) >= 11 is 0. The molecule has 3 aromatic rings. The van der Waals surface area contributed by atoms with E-state index >= 15 is 0 Å². The lowest BCUT2D eigenvalue weighted by atomic mass is 10.2. The van der Waals surface area contributed by atoms with Crippen molar-refractivity contribution >= 4 is 17.4 Å². The maximum atomic E-state index is 12.2. The molecule has 128 valence electrons. The molecule has 0 bridgehead atoms. The molecule has 0 saturated carbocycles. The number of amides is 1. The van der Waals surface area contributed by atoms with E-state index in [0.717, 1.165) is 5.76 Å². The number of rotatable bonds is 7. The minimum atomic E-state index is -0.315. The Balaban J connectivity index is 1.66. The first-order valence-electron chi connectivity index (χ1n) is 7.75. The predicted molar refractivity (Wildman–Crippen MR) is 93.4 cm³/mol. The minimum Gasteiger partial charge on any atom is -0.467 e. The van der Waals surface area contributed by atoms with Gasteiger partial charge in [-0.25, -0.2) is 0 Å². The monoisotopic (exact) mass is 338 g/mol. The number of benzene rings is 1. The number of methoxy groups -OCH3 is 1. The summed E-state index contributed by atoms with van der Waals surface area (Å²) in [6.45, 7) is 0.408. The molecule has 7 heteroatoms. The molecule has 1 atom stereocenters. The molecule has 0 fully saturated rings. The van der Waals surface area contributed by atoms with Gasteiger partial charge in [0.15, 0.2) is 5.69 Å². The lowest BCUT2D eigenvalue weighted by molar-refractivity contribution is 0.102. The molecule has 2 heterocycles. The second kappa shape index (κ2) is 8.07. The molecular formula is C18H18N4O3. The molecule has 0 spiro atoms. The van der Waals surface area contributed by atoms with Crippen LogP contribution in [0, 0.1) is 0 Å². The smallest absolute Gasteiger partial charge is 0.276 e. The highest BCUT2D eigenvalue weighted by Crippen LogP contribution is 2.19. The molecule has 1 aromatic carbocycles. The predicted octanol–water partition coefficient (Wildman–Crippen LogP) is 3.12. The van der Waals surface area contributed by atoms with E-state index in [0.29, 0.717) is 18.1 Å². The van der Waals surface area contributed by atoms with E-state index in [1.165, 1.54) is 0 Å². The lowest BCUT2D eigenvalue weighted by Gasteiger charge is -2.15. The van der Waals surface area contributed by atoms with E-state index in [9.17, 15) is 4.79 Å². The molecule has 25 heavy (non-hydrogen) atoms. The van der Waals surface area contributed by atoms with Gasteiger partial charge in [0.25, 0.3) is 5.91 Å². The number of para-hydroxylation sites is 1. The second-order valence-electron chi connectivity index (χ2n) is 5.29. The Bertz CT molecular complexity index is 789. The first-order valence-corrected chi connectivity index (χ1v) is 7.75. The minimum absolute atomic E-state index is 0.196. The summed E-state index contributed by atoms with van der Waals surface area (Å²) in [5.41, 5.74) is 0.935. The number of furan rings is 1. The summed E-state index contributed by atoms with van der Waals surface area (Å²) in [5, 5.41) is 14.0. The number of nitrogens with zero attached hydrogens (tertiary/aromatic N) is 2. The van der Waals surface area contributed by atoms with Crippen molar-refractivity contribution in [3.05, 3.63) is 72.3 Å². The van der Waals surface area contributed by atoms with Gasteiger partial charge in [-0.15, -0.1) is 10.2 Å². The van der Waals surface area contributed by atoms with Crippen LogP contribution in [0.25, 0.3) is 0 Å². The van der Waals surface area contributed by atoms with E-state index in [2.05, 4.69) is 20.8 Å². The van der Waals surface area contributed by atoms with Crippen LogP contribution < -0.4 is 10.6 Å². The van der Waals surface area contributed by atoms with Crippen molar-refractivity contribution in [2.45, 2.75) is 6.04 Å². The molecule has 0 aliphatic heterocycles. The number of hydrogen-bond acceptors (Lipinski definition) is 6. The van der Waals surface area contributed by atoms with Gasteiger partial charge in [0.05, 0.1) is 12.9 Å². The summed E-state index contributed by atoms with van der Waals surface area (Å²) in [4.78, 5) is 12.2. The maximum Gasteiger partial charge on any atom is 0.276 e. The van der Waals surface area contributed by atoms with Crippen molar-refractivity contribution in [3.8, 4) is 0 Å². The topological polar surface area (TPSA) is 89.3 Å². The molecule has 2 aromatic heterocycles. The summed E-state index contributed by atoms with van der Waals surface area (Å²) in [6, 6.07) is 16.0. The molecule has 2 N–H and O–H groups in total. The van der Waals surface area contributed by atoms with Gasteiger partial charge in [0, 0.05) is 12.8 Å². The van der Waals surface area contributed by atoms with Crippen LogP contribution in [0.4, 0.5) is 11.5 Å². The third kappa shape index (κ3) is 4.42. The van der Waals surface area contributed by atoms with Crippen LogP contribution >= 0.6 is 0 Å². The zero-order chi connectivity index (χ0) is 17.5. The number of nitrogens with one attached hydrogen (secondary N) is 2. The third-order valence-electron chi connectivity index (χ3n) is 3.47. The zero-order valence-corrected chi connectivity index (χ0v) is 13.7. The Labute approximate surface area is 145 Å². The van der Waals surface area contributed by atoms with Gasteiger partial charge < -0.3 is 19.8 Å². The van der Waals surface area contributed by atoms with Gasteiger partial charge >= 0.3 is 0 Å². The molecule has 0 aliphatic rings. The van der Waals surface area contributed by atoms with Crippen LogP contribution in [0.3, 0.4) is 0 Å². The van der Waals surface area contributed by atoms with Gasteiger partial charge in [0.2, 0.25) is 0 Å². The Kier molecular flexibility index (Phi) is 5.38. The highest BCUT2D eigenvalue weighted by molar-refractivity contribution is 6.02. The van der Waals surface area contributed by atoms with Crippen molar-refractivity contribution in [2.24, 2.45) is 0 Å². The summed E-state index contributed by atoms with van der Waals surface area (Å²) in [7, 11) is 1.61. The number of carbonyl (C=O) groups is 1. The van der Waals surface area contributed by atoms with E-state index in [1.54, 1.807) is 37.6 Å². The van der Waals surface area contributed by atoms with Crippen LogP contribution in [-0.2, 0) is 4.74 Å². The van der Waals surface area contributed by atoms with Crippen LogP contribution in [0.15, 0.2) is 65.3 Å². The second-order valence-corrected chi connectivity index (χ2v) is 5.29. The zero-order valence-electron chi connectivity index (χ0n) is 13.7. The molecule has 3 rings (SSSR count). The van der Waals surface area contributed by atoms with Gasteiger partial charge in [-0.1, -0.05) is 18.2 Å². The number of aromatic nitrogens is 2. The van der Waals surface area contributed by atoms with Crippen molar-refractivity contribution < 1.29 is 13.9 Å². The first-order chi connectivity index (χ1) is 12.3. The maximum absolute atomic E-state index is 12.2. The van der Waals surface area contributed by atoms with E-state index in [4.69, 9.17) is 9.15 Å². The largest absolute Gasteiger partial charge is 0.467 e. The summed E-state index contributed by atoms with van der Waals surface area (Å²) in [5.74, 6) is 0.939. The SMILES string of the molecule is COCC(Nc1ccc(C(=O)Nc2ccccc2)nn1)c1ccco1. The van der Waals surface area contributed by atoms with Crippen LogP contribution in [0.5, 0.6) is 0 Å². The fraction of sp³-hybridized carbons (Fsp3) is 0.167. The van der Waals surface area contributed by atoms with Crippen LogP contribution in [-0.4, -0.2) is 29.8 Å². The number of hydrogen-bond donors (Lipinski definition) is 2. The van der Waals surface area contributed by atoms with E-state index < -0.39 is 0 Å². The summed E-state index contributed by atoms with van der Waals surface area (Å²) in [6.07, 6.45) is 1.60. The number of carbonyl (C=O) groups excluding carboxylic acids is 1. The lowest BCUT2D eigenvalue weighted by Crippen LogP contribution is -2.18. The average Bonchev–Trinajstić information content (AvgIpc) is 3.17. The molecular weight excluding hydrogens is 320 g/mol. The number of ether oxygens (including phenoxy) is 1. The third-order valence-corrected chi connectivity index (χ3v) is 3.47. The van der Waals surface area contributed by atoms with Gasteiger partial charge in [-0.3, -0.25) is 4.79 Å². The van der Waals surface area contributed by atoms with Gasteiger partial charge in [-0.2, -0.15) is 0 Å². The highest BCUT2D eigenvalue weighted by Gasteiger charge is 2.15. The Morgan fingerprint density at radius 2 is 1.96 bits per heavy atom. The molecule has 1 amide bonds. The fourth-order valence-electron chi connectivity index (χ4n) is 2.28. The standard InChI is InChI=1S/C18H18N4O3/c1-24-12-15(16-8-5-11-25-16)20-17-10-9-14(21-22-17)18(23)19-13-6-3-2-4-7-13/h2-11,15H,12H2,1H3,(H,19,23)(H,20,22). The van der Waals surface area contributed by atoms with Crippen molar-refractivity contribution in [3.63, 3.8) is 0 Å². The Hall–Kier alpha value is -3.19. The highest BCUT2D eigenvalue weighted by atomic mass is 16.5. The van der Waals surface area contributed by atoms with Crippen molar-refractivity contribution in [1.82, 2.24) is 10.2 Å². The molecule has 0 aliphatic carbocycles. The first kappa shape index (κ1) is 16.7. The van der Waals surface area contributed by atoms with Gasteiger partial charge in [0.1, 0.15) is 17.6 Å². The van der Waals surface area contributed by atoms with Gasteiger partial charge in [-0.05, 0) is 36.4 Å². The van der Waals surface area contributed by atoms with Crippen molar-refractivity contribution in [1.29, 1.82) is 0 Å². The normalized spacial score (nSPS) is 11.7. The average molecular weight is 338 g/mol. The fourth-order valence-corrected chi connectivity index (χ4v) is 2.28. The number of anilines is 2. The molecule has 0 saturated heterocycles. The van der Waals surface area contributed by atoms with Crippen molar-refractivity contribution in [2.75, 3.05) is 24.4 Å². The molecule has 7 nitrogen and oxygen atoms in total. The summed E-state index contributed by atoms with van der Waals surface area (Å²) < 4.78 is 10.6. The molecule has 0 radical (unpaired) electrons. The molecule has 1 unspecified atom stereocenters. The van der Waals surface area contributed by atoms with E-state index in [-0.39, 0.29) is 17.6 Å². The van der Waals surface area contributed by atoms with E-state index in [1.807, 2.05) is 30.3 Å². The Morgan fingerprint density at radius 3 is 2.60 bits per heavy atom. The van der Waals surface area contributed by atoms with Crippen LogP contribution in [0.2, 0.25) is 0 Å². The quantitative estimate of drug-likeness (QED) is 0.688.